The van der Waals surface area contributed by atoms with Gasteiger partial charge in [-0.25, -0.2) is 9.67 Å². The fourth-order valence-corrected chi connectivity index (χ4v) is 2.34. The van der Waals surface area contributed by atoms with E-state index in [1.807, 2.05) is 19.1 Å². The Morgan fingerprint density at radius 3 is 2.85 bits per heavy atom. The predicted octanol–water partition coefficient (Wildman–Crippen LogP) is 2.97. The first-order valence-electron chi connectivity index (χ1n) is 6.05. The highest BCUT2D eigenvalue weighted by Crippen LogP contribution is 2.29. The number of anilines is 1. The van der Waals surface area contributed by atoms with Crippen molar-refractivity contribution in [2.45, 2.75) is 6.92 Å². The smallest absolute Gasteiger partial charge is 0.146 e. The molecule has 0 amide bonds. The average molecular weight is 289 g/mol. The highest BCUT2D eigenvalue weighted by atomic mass is 35.5. The van der Waals surface area contributed by atoms with Gasteiger partial charge >= 0.3 is 0 Å². The zero-order valence-corrected chi connectivity index (χ0v) is 11.8. The Kier molecular flexibility index (Phi) is 2.99. The summed E-state index contributed by atoms with van der Waals surface area (Å²) in [6.07, 6.45) is 1.72. The van der Waals surface area contributed by atoms with Crippen molar-refractivity contribution in [2.24, 2.45) is 0 Å². The molecule has 2 N–H and O–H groups in total. The molecule has 0 radical (unpaired) electrons. The first kappa shape index (κ1) is 12.7. The number of ether oxygens (including phenoxy) is 1. The van der Waals surface area contributed by atoms with E-state index >= 15 is 0 Å². The van der Waals surface area contributed by atoms with E-state index in [0.29, 0.717) is 16.6 Å². The molecule has 2 aromatic heterocycles. The maximum Gasteiger partial charge on any atom is 0.146 e. The largest absolute Gasteiger partial charge is 0.494 e. The van der Waals surface area contributed by atoms with Crippen LogP contribution in [0.1, 0.15) is 5.69 Å². The lowest BCUT2D eigenvalue weighted by molar-refractivity contribution is 0.412. The summed E-state index contributed by atoms with van der Waals surface area (Å²) >= 11 is 5.98. The van der Waals surface area contributed by atoms with Gasteiger partial charge in [0, 0.05) is 29.4 Å². The fourth-order valence-electron chi connectivity index (χ4n) is 2.18. The first-order valence-corrected chi connectivity index (χ1v) is 6.42. The minimum Gasteiger partial charge on any atom is -0.494 e. The summed E-state index contributed by atoms with van der Waals surface area (Å²) in [6.45, 7) is 1.93. The first-order chi connectivity index (χ1) is 9.60. The van der Waals surface area contributed by atoms with Crippen LogP contribution in [0.2, 0.25) is 5.15 Å². The van der Waals surface area contributed by atoms with Gasteiger partial charge in [-0.15, -0.1) is 0 Å². The van der Waals surface area contributed by atoms with E-state index in [0.717, 1.165) is 22.3 Å². The van der Waals surface area contributed by atoms with E-state index in [1.54, 1.807) is 30.1 Å². The third-order valence-electron chi connectivity index (χ3n) is 3.15. The number of pyridine rings is 1. The molecule has 0 aliphatic rings. The highest BCUT2D eigenvalue weighted by Gasteiger charge is 2.13. The molecule has 0 saturated heterocycles. The summed E-state index contributed by atoms with van der Waals surface area (Å²) in [5, 5.41) is 5.91. The lowest BCUT2D eigenvalue weighted by Gasteiger charge is -2.10. The number of rotatable bonds is 2. The van der Waals surface area contributed by atoms with E-state index in [9.17, 15) is 0 Å². The Labute approximate surface area is 120 Å². The lowest BCUT2D eigenvalue weighted by atomic mass is 10.2. The van der Waals surface area contributed by atoms with Crippen LogP contribution >= 0.6 is 11.6 Å². The highest BCUT2D eigenvalue weighted by molar-refractivity contribution is 6.30. The molecule has 0 saturated carbocycles. The summed E-state index contributed by atoms with van der Waals surface area (Å²) in [7, 11) is 1.60. The van der Waals surface area contributed by atoms with Crippen molar-refractivity contribution in [3.63, 3.8) is 0 Å². The van der Waals surface area contributed by atoms with Crippen LogP contribution in [-0.2, 0) is 0 Å². The molecule has 102 valence electrons. The number of hydrogen-bond acceptors (Lipinski definition) is 4. The third kappa shape index (κ3) is 1.96. The number of aryl methyl sites for hydroxylation is 1. The second kappa shape index (κ2) is 4.68. The fraction of sp³-hybridized carbons (Fsp3) is 0.143. The standard InChI is InChI=1S/C14H13ClN4O/c1-8-10-7-17-14(15)6-12(10)19(18-8)11-4-3-9(16)5-13(11)20-2/h3-7H,16H2,1-2H3. The van der Waals surface area contributed by atoms with Crippen molar-refractivity contribution in [2.75, 3.05) is 12.8 Å². The van der Waals surface area contributed by atoms with Crippen LogP contribution in [0.25, 0.3) is 16.6 Å². The quantitative estimate of drug-likeness (QED) is 0.581. The molecule has 5 nitrogen and oxygen atoms in total. The van der Waals surface area contributed by atoms with Crippen LogP contribution < -0.4 is 10.5 Å². The van der Waals surface area contributed by atoms with E-state index < -0.39 is 0 Å². The number of nitrogens with zero attached hydrogens (tertiary/aromatic N) is 3. The van der Waals surface area contributed by atoms with Gasteiger partial charge in [0.05, 0.1) is 18.3 Å². The summed E-state index contributed by atoms with van der Waals surface area (Å²) in [6, 6.07) is 7.23. The Bertz CT molecular complexity index is 797. The Morgan fingerprint density at radius 1 is 1.30 bits per heavy atom. The monoisotopic (exact) mass is 288 g/mol. The van der Waals surface area contributed by atoms with Gasteiger partial charge in [0.1, 0.15) is 16.6 Å². The molecule has 2 heterocycles. The second-order valence-electron chi connectivity index (χ2n) is 4.45. The van der Waals surface area contributed by atoms with Crippen molar-refractivity contribution in [3.8, 4) is 11.4 Å². The number of fused-ring (bicyclic) bond motifs is 1. The van der Waals surface area contributed by atoms with Crippen LogP contribution in [0.4, 0.5) is 5.69 Å². The maximum atomic E-state index is 5.98. The van der Waals surface area contributed by atoms with Gasteiger partial charge in [-0.3, -0.25) is 0 Å². The Hall–Kier alpha value is -2.27. The van der Waals surface area contributed by atoms with Crippen molar-refractivity contribution >= 4 is 28.2 Å². The summed E-state index contributed by atoms with van der Waals surface area (Å²) in [5.74, 6) is 0.655. The minimum absolute atomic E-state index is 0.424. The summed E-state index contributed by atoms with van der Waals surface area (Å²) in [5.41, 5.74) is 8.99. The molecule has 0 atom stereocenters. The molecule has 3 rings (SSSR count). The zero-order chi connectivity index (χ0) is 14.3. The molecule has 0 aliphatic heterocycles. The van der Waals surface area contributed by atoms with E-state index in [1.165, 1.54) is 0 Å². The summed E-state index contributed by atoms with van der Waals surface area (Å²) in [4.78, 5) is 4.09. The van der Waals surface area contributed by atoms with Gasteiger partial charge in [-0.1, -0.05) is 11.6 Å². The second-order valence-corrected chi connectivity index (χ2v) is 4.84. The van der Waals surface area contributed by atoms with Gasteiger partial charge in [-0.05, 0) is 19.1 Å². The topological polar surface area (TPSA) is 66.0 Å². The van der Waals surface area contributed by atoms with Crippen LogP contribution in [0, 0.1) is 6.92 Å². The van der Waals surface area contributed by atoms with Gasteiger partial charge in [0.25, 0.3) is 0 Å². The van der Waals surface area contributed by atoms with Crippen molar-refractivity contribution in [3.05, 3.63) is 41.3 Å². The average Bonchev–Trinajstić information content (AvgIpc) is 2.75. The molecule has 6 heteroatoms. The molecule has 1 aromatic carbocycles. The number of hydrogen-bond donors (Lipinski definition) is 1. The molecule has 0 bridgehead atoms. The van der Waals surface area contributed by atoms with Crippen molar-refractivity contribution in [1.82, 2.24) is 14.8 Å². The number of aromatic nitrogens is 3. The molecule has 0 fully saturated rings. The normalized spacial score (nSPS) is 10.9. The van der Waals surface area contributed by atoms with E-state index in [2.05, 4.69) is 10.1 Å². The Balaban J connectivity index is 2.32. The number of methoxy groups -OCH3 is 1. The zero-order valence-electron chi connectivity index (χ0n) is 11.1. The number of nitrogens with two attached hydrogens (primary N) is 1. The number of benzene rings is 1. The van der Waals surface area contributed by atoms with Crippen LogP contribution in [0.5, 0.6) is 5.75 Å². The molecule has 0 unspecified atom stereocenters. The van der Waals surface area contributed by atoms with Gasteiger partial charge in [-0.2, -0.15) is 5.10 Å². The van der Waals surface area contributed by atoms with Crippen LogP contribution in [-0.4, -0.2) is 21.9 Å². The van der Waals surface area contributed by atoms with Gasteiger partial charge in [0.2, 0.25) is 0 Å². The number of nitrogen functional groups attached to an aromatic ring is 1. The Morgan fingerprint density at radius 2 is 2.10 bits per heavy atom. The van der Waals surface area contributed by atoms with Gasteiger partial charge < -0.3 is 10.5 Å². The summed E-state index contributed by atoms with van der Waals surface area (Å²) < 4.78 is 7.17. The predicted molar refractivity (Wildman–Crippen MR) is 79.6 cm³/mol. The maximum absolute atomic E-state index is 5.98. The molecule has 20 heavy (non-hydrogen) atoms. The van der Waals surface area contributed by atoms with Gasteiger partial charge in [0.15, 0.2) is 0 Å². The number of halogens is 1. The minimum atomic E-state index is 0.424. The third-order valence-corrected chi connectivity index (χ3v) is 3.36. The van der Waals surface area contributed by atoms with Crippen LogP contribution in [0.15, 0.2) is 30.5 Å². The molecular weight excluding hydrogens is 276 g/mol. The molecule has 3 aromatic rings. The van der Waals surface area contributed by atoms with Crippen molar-refractivity contribution < 1.29 is 4.74 Å². The van der Waals surface area contributed by atoms with Crippen LogP contribution in [0.3, 0.4) is 0 Å². The molecular formula is C14H13ClN4O. The van der Waals surface area contributed by atoms with E-state index in [4.69, 9.17) is 22.1 Å². The molecule has 0 aliphatic carbocycles. The SMILES string of the molecule is COc1cc(N)ccc1-n1nc(C)c2cnc(Cl)cc21. The van der Waals surface area contributed by atoms with Crippen molar-refractivity contribution in [1.29, 1.82) is 0 Å². The van der Waals surface area contributed by atoms with E-state index in [-0.39, 0.29) is 0 Å². The molecule has 0 spiro atoms. The lowest BCUT2D eigenvalue weighted by Crippen LogP contribution is -2.01.